The van der Waals surface area contributed by atoms with Crippen LogP contribution < -0.4 is 15.5 Å². The number of carbonyl (C=O) groups is 1. The Morgan fingerprint density at radius 2 is 1.98 bits per heavy atom. The second kappa shape index (κ2) is 10.7. The van der Waals surface area contributed by atoms with E-state index in [0.29, 0.717) is 43.0 Å². The number of methoxy groups -OCH3 is 1. The number of ether oxygens (including phenoxy) is 1. The predicted molar refractivity (Wildman–Crippen MR) is 155 cm³/mol. The lowest BCUT2D eigenvalue weighted by Gasteiger charge is -2.39. The van der Waals surface area contributed by atoms with E-state index >= 15 is 0 Å². The van der Waals surface area contributed by atoms with Crippen LogP contribution in [0.3, 0.4) is 0 Å². The number of rotatable bonds is 8. The number of piperidine rings is 1. The number of nitrogens with zero attached hydrogens (tertiary/aromatic N) is 5. The van der Waals surface area contributed by atoms with Gasteiger partial charge in [-0.2, -0.15) is 0 Å². The van der Waals surface area contributed by atoms with Gasteiger partial charge in [0.05, 0.1) is 29.7 Å². The molecule has 3 aromatic heterocycles. The minimum Gasteiger partial charge on any atom is -0.387 e. The summed E-state index contributed by atoms with van der Waals surface area (Å²) in [5.41, 5.74) is 5.60. The molecule has 1 fully saturated rings. The molecule has 0 bridgehead atoms. The summed E-state index contributed by atoms with van der Waals surface area (Å²) in [4.78, 5) is 26.4. The Labute approximate surface area is 237 Å². The number of amides is 1. The van der Waals surface area contributed by atoms with E-state index < -0.39 is 5.60 Å². The van der Waals surface area contributed by atoms with E-state index in [1.165, 1.54) is 12.1 Å². The van der Waals surface area contributed by atoms with Crippen molar-refractivity contribution in [1.29, 1.82) is 0 Å². The van der Waals surface area contributed by atoms with Crippen molar-refractivity contribution < 1.29 is 19.0 Å². The summed E-state index contributed by atoms with van der Waals surface area (Å²) in [5, 5.41) is 17.1. The van der Waals surface area contributed by atoms with Crippen LogP contribution in [0.25, 0.3) is 16.9 Å². The van der Waals surface area contributed by atoms with Crippen molar-refractivity contribution in [3.05, 3.63) is 71.4 Å². The molecule has 10 nitrogen and oxygen atoms in total. The third-order valence-electron chi connectivity index (χ3n) is 7.87. The Bertz CT molecular complexity index is 1610. The van der Waals surface area contributed by atoms with E-state index in [2.05, 4.69) is 42.5 Å². The Morgan fingerprint density at radius 3 is 2.73 bits per heavy atom. The van der Waals surface area contributed by atoms with Gasteiger partial charge in [-0.3, -0.25) is 9.20 Å². The van der Waals surface area contributed by atoms with Gasteiger partial charge < -0.3 is 30.3 Å². The quantitative estimate of drug-likeness (QED) is 0.301. The molecule has 1 aromatic carbocycles. The van der Waals surface area contributed by atoms with E-state index in [1.54, 1.807) is 30.1 Å². The normalized spacial score (nSPS) is 16.3. The van der Waals surface area contributed by atoms with Gasteiger partial charge in [-0.1, -0.05) is 0 Å². The maximum Gasteiger partial charge on any atom is 0.255 e. The van der Waals surface area contributed by atoms with E-state index in [9.17, 15) is 14.3 Å². The number of hydrogen-bond donors (Lipinski definition) is 3. The summed E-state index contributed by atoms with van der Waals surface area (Å²) in [7, 11) is 5.68. The molecule has 0 radical (unpaired) electrons. The summed E-state index contributed by atoms with van der Waals surface area (Å²) in [5.74, 6) is -0.0783. The van der Waals surface area contributed by atoms with Crippen molar-refractivity contribution in [3.63, 3.8) is 0 Å². The first-order chi connectivity index (χ1) is 19.7. The number of nitrogens with one attached hydrogen (secondary N) is 2. The lowest BCUT2D eigenvalue weighted by Crippen LogP contribution is -2.47. The van der Waals surface area contributed by atoms with Crippen molar-refractivity contribution in [1.82, 2.24) is 24.6 Å². The lowest BCUT2D eigenvalue weighted by molar-refractivity contribution is -0.0472. The molecule has 0 aliphatic carbocycles. The molecule has 6 rings (SSSR count). The first-order valence-corrected chi connectivity index (χ1v) is 13.7. The van der Waals surface area contributed by atoms with Gasteiger partial charge in [0, 0.05) is 68.7 Å². The third-order valence-corrected chi connectivity index (χ3v) is 7.87. The molecule has 0 saturated carbocycles. The van der Waals surface area contributed by atoms with Gasteiger partial charge in [0.15, 0.2) is 0 Å². The van der Waals surface area contributed by atoms with Crippen LogP contribution in [0, 0.1) is 5.82 Å². The van der Waals surface area contributed by atoms with Gasteiger partial charge >= 0.3 is 0 Å². The first-order valence-electron chi connectivity index (χ1n) is 13.7. The van der Waals surface area contributed by atoms with Crippen LogP contribution in [0.15, 0.2) is 48.9 Å². The molecule has 41 heavy (non-hydrogen) atoms. The molecule has 0 unspecified atom stereocenters. The second-order valence-electron chi connectivity index (χ2n) is 11.1. The van der Waals surface area contributed by atoms with Gasteiger partial charge in [0.1, 0.15) is 17.3 Å². The molecule has 2 aliphatic heterocycles. The molecule has 4 aromatic rings. The molecule has 0 atom stereocenters. The molecular formula is C30H34FN7O3. The Kier molecular flexibility index (Phi) is 7.10. The van der Waals surface area contributed by atoms with E-state index in [-0.39, 0.29) is 11.7 Å². The predicted octanol–water partition coefficient (Wildman–Crippen LogP) is 3.56. The van der Waals surface area contributed by atoms with Gasteiger partial charge in [-0.05, 0) is 62.3 Å². The number of benzene rings is 1. The van der Waals surface area contributed by atoms with Crippen LogP contribution in [0.4, 0.5) is 21.6 Å². The molecule has 2 aliphatic rings. The van der Waals surface area contributed by atoms with Crippen LogP contribution in [-0.2, 0) is 17.8 Å². The molecule has 3 N–H and O–H groups in total. The highest BCUT2D eigenvalue weighted by Crippen LogP contribution is 2.36. The van der Waals surface area contributed by atoms with Crippen molar-refractivity contribution >= 4 is 28.7 Å². The van der Waals surface area contributed by atoms with Crippen molar-refractivity contribution in [3.8, 4) is 11.3 Å². The summed E-state index contributed by atoms with van der Waals surface area (Å²) in [6.45, 7) is 2.90. The highest BCUT2D eigenvalue weighted by Gasteiger charge is 2.33. The number of pyridine rings is 2. The Morgan fingerprint density at radius 1 is 1.17 bits per heavy atom. The molecule has 1 saturated heterocycles. The maximum absolute atomic E-state index is 13.7. The van der Waals surface area contributed by atoms with Gasteiger partial charge in [-0.25, -0.2) is 14.4 Å². The average Bonchev–Trinajstić information content (AvgIpc) is 3.53. The van der Waals surface area contributed by atoms with E-state index in [4.69, 9.17) is 4.74 Å². The van der Waals surface area contributed by atoms with Crippen LogP contribution in [0.1, 0.15) is 34.3 Å². The maximum atomic E-state index is 13.7. The highest BCUT2D eigenvalue weighted by molar-refractivity contribution is 6.05. The summed E-state index contributed by atoms with van der Waals surface area (Å²) < 4.78 is 20.7. The number of fused-ring (bicyclic) bond motifs is 2. The summed E-state index contributed by atoms with van der Waals surface area (Å²) in [6, 6.07) is 8.94. The minimum atomic E-state index is -0.785. The van der Waals surface area contributed by atoms with Crippen LogP contribution in [0.5, 0.6) is 0 Å². The second-order valence-corrected chi connectivity index (χ2v) is 11.1. The number of aliphatic hydroxyl groups is 1. The van der Waals surface area contributed by atoms with E-state index in [0.717, 1.165) is 53.4 Å². The Hall–Kier alpha value is -4.06. The number of aromatic nitrogens is 3. The summed E-state index contributed by atoms with van der Waals surface area (Å²) in [6.07, 6.45) is 6.32. The molecule has 5 heterocycles. The standard InChI is InChI=1S/C30H34FN7O3/c1-36(2)17-19-12-21(4-5-24(19)37-10-7-30(40,8-11-37)18-41-3)35-28-27-23(15-34-29(27)39)22(14-33-28)25-16-32-26-13-20(31)6-9-38(25)26/h4-6,9,12-14,16,40H,7-8,10-11,15,17-18H2,1-3H3,(H,33,35)(H,34,39). The fourth-order valence-corrected chi connectivity index (χ4v) is 5.86. The average molecular weight is 560 g/mol. The minimum absolute atomic E-state index is 0.196. The molecule has 11 heteroatoms. The zero-order valence-electron chi connectivity index (χ0n) is 23.4. The monoisotopic (exact) mass is 559 g/mol. The third kappa shape index (κ3) is 5.23. The van der Waals surface area contributed by atoms with Crippen LogP contribution >= 0.6 is 0 Å². The zero-order chi connectivity index (χ0) is 28.7. The van der Waals surface area contributed by atoms with Gasteiger partial charge in [0.2, 0.25) is 0 Å². The molecule has 0 spiro atoms. The van der Waals surface area contributed by atoms with Crippen molar-refractivity contribution in [2.75, 3.05) is 51.1 Å². The largest absolute Gasteiger partial charge is 0.387 e. The smallest absolute Gasteiger partial charge is 0.255 e. The van der Waals surface area contributed by atoms with Gasteiger partial charge in [-0.15, -0.1) is 0 Å². The van der Waals surface area contributed by atoms with Crippen molar-refractivity contribution in [2.24, 2.45) is 0 Å². The molecule has 214 valence electrons. The summed E-state index contributed by atoms with van der Waals surface area (Å²) >= 11 is 0. The van der Waals surface area contributed by atoms with Crippen LogP contribution in [-0.4, -0.2) is 76.8 Å². The topological polar surface area (TPSA) is 107 Å². The number of anilines is 3. The zero-order valence-corrected chi connectivity index (χ0v) is 23.4. The number of imidazole rings is 1. The first kappa shape index (κ1) is 27.1. The highest BCUT2D eigenvalue weighted by atomic mass is 19.1. The van der Waals surface area contributed by atoms with Gasteiger partial charge in [0.25, 0.3) is 5.91 Å². The van der Waals surface area contributed by atoms with Crippen LogP contribution in [0.2, 0.25) is 0 Å². The number of carbonyl (C=O) groups excluding carboxylic acids is 1. The number of halogens is 1. The van der Waals surface area contributed by atoms with E-state index in [1.807, 2.05) is 20.2 Å². The molecular weight excluding hydrogens is 525 g/mol. The van der Waals surface area contributed by atoms with Crippen molar-refractivity contribution in [2.45, 2.75) is 31.5 Å². The fraction of sp³-hybridized carbons (Fsp3) is 0.367. The SMILES string of the molecule is COCC1(O)CCN(c2ccc(Nc3ncc(-c4cnc5cc(F)ccn45)c4c3C(=O)NC4)cc2CN(C)C)CC1. The number of hydrogen-bond acceptors (Lipinski definition) is 8. The lowest BCUT2D eigenvalue weighted by atomic mass is 9.91. The fourth-order valence-electron chi connectivity index (χ4n) is 5.86. The molecule has 1 amide bonds. The Balaban J connectivity index is 1.31.